The summed E-state index contributed by atoms with van der Waals surface area (Å²) in [5, 5.41) is 10.8. The zero-order chi connectivity index (χ0) is 20.3. The van der Waals surface area contributed by atoms with Crippen molar-refractivity contribution in [3.63, 3.8) is 0 Å². The molecule has 8 nitrogen and oxygen atoms in total. The van der Waals surface area contributed by atoms with E-state index < -0.39 is 14.9 Å². The molecule has 3 rings (SSSR count). The molecule has 0 atom stereocenters. The predicted octanol–water partition coefficient (Wildman–Crippen LogP) is 3.31. The molecule has 0 saturated carbocycles. The minimum Gasteiger partial charge on any atom is -0.300 e. The first kappa shape index (κ1) is 23.7. The van der Waals surface area contributed by atoms with Crippen LogP contribution in [0, 0.1) is 10.1 Å². The largest absolute Gasteiger partial charge is 0.300 e. The van der Waals surface area contributed by atoms with Crippen LogP contribution in [0.25, 0.3) is 0 Å². The first-order chi connectivity index (χ1) is 13.3. The van der Waals surface area contributed by atoms with Crippen LogP contribution in [0.5, 0.6) is 0 Å². The van der Waals surface area contributed by atoms with Gasteiger partial charge in [0.1, 0.15) is 0 Å². The molecule has 0 spiro atoms. The molecule has 1 aromatic heterocycles. The van der Waals surface area contributed by atoms with Crippen molar-refractivity contribution in [2.75, 3.05) is 32.7 Å². The third-order valence-electron chi connectivity index (χ3n) is 4.51. The van der Waals surface area contributed by atoms with Gasteiger partial charge in [-0.1, -0.05) is 29.8 Å². The van der Waals surface area contributed by atoms with Crippen molar-refractivity contribution in [2.45, 2.75) is 11.3 Å². The standard InChI is InChI=1S/C17H18ClN3O5S2.ClH/c18-17-14(21(23)24)12-16(27-17)15(22)6-7-19-8-10-20(11-9-19)28(25,26)13-4-2-1-3-5-13;/h1-5,12H,6-11H2;1H. The lowest BCUT2D eigenvalue weighted by Crippen LogP contribution is -2.48. The van der Waals surface area contributed by atoms with E-state index >= 15 is 0 Å². The van der Waals surface area contributed by atoms with E-state index in [2.05, 4.69) is 0 Å². The van der Waals surface area contributed by atoms with E-state index in [1.165, 1.54) is 10.4 Å². The Hall–Kier alpha value is -1.56. The zero-order valence-corrected chi connectivity index (χ0v) is 18.4. The fraction of sp³-hybridized carbons (Fsp3) is 0.353. The lowest BCUT2D eigenvalue weighted by Gasteiger charge is -2.33. The smallest absolute Gasteiger partial charge is 0.299 e. The lowest BCUT2D eigenvalue weighted by atomic mass is 10.2. The van der Waals surface area contributed by atoms with Crippen LogP contribution < -0.4 is 0 Å². The monoisotopic (exact) mass is 479 g/mol. The highest BCUT2D eigenvalue weighted by Crippen LogP contribution is 2.34. The Labute approximate surface area is 183 Å². The summed E-state index contributed by atoms with van der Waals surface area (Å²) in [4.78, 5) is 25.1. The van der Waals surface area contributed by atoms with Gasteiger partial charge in [0.25, 0.3) is 5.69 Å². The molecule has 158 valence electrons. The number of sulfonamides is 1. The van der Waals surface area contributed by atoms with Crippen LogP contribution in [0.15, 0.2) is 41.3 Å². The average Bonchev–Trinajstić information content (AvgIpc) is 3.09. The van der Waals surface area contributed by atoms with Crippen LogP contribution in [-0.2, 0) is 10.0 Å². The Morgan fingerprint density at radius 3 is 2.34 bits per heavy atom. The second kappa shape index (κ2) is 9.96. The maximum absolute atomic E-state index is 12.6. The zero-order valence-electron chi connectivity index (χ0n) is 15.2. The van der Waals surface area contributed by atoms with Crippen molar-refractivity contribution in [3.05, 3.63) is 55.7 Å². The summed E-state index contributed by atoms with van der Waals surface area (Å²) in [6.07, 6.45) is 0.194. The molecule has 2 aromatic rings. The molecule has 1 saturated heterocycles. The third-order valence-corrected chi connectivity index (χ3v) is 7.80. The lowest BCUT2D eigenvalue weighted by molar-refractivity contribution is -0.384. The van der Waals surface area contributed by atoms with Gasteiger partial charge in [-0.25, -0.2) is 8.42 Å². The summed E-state index contributed by atoms with van der Waals surface area (Å²) < 4.78 is 26.7. The number of carbonyl (C=O) groups is 1. The van der Waals surface area contributed by atoms with Crippen molar-refractivity contribution < 1.29 is 18.1 Å². The normalized spacial score (nSPS) is 15.6. The number of hydrogen-bond donors (Lipinski definition) is 0. The molecular weight excluding hydrogens is 461 g/mol. The minimum atomic E-state index is -3.51. The molecule has 0 radical (unpaired) electrons. The first-order valence-corrected chi connectivity index (χ1v) is 11.2. The Morgan fingerprint density at radius 2 is 1.79 bits per heavy atom. The summed E-state index contributed by atoms with van der Waals surface area (Å²) >= 11 is 6.70. The summed E-state index contributed by atoms with van der Waals surface area (Å²) in [6, 6.07) is 9.51. The highest BCUT2D eigenvalue weighted by atomic mass is 35.5. The van der Waals surface area contributed by atoms with Gasteiger partial charge in [-0.3, -0.25) is 14.9 Å². The molecule has 1 aromatic carbocycles. The van der Waals surface area contributed by atoms with E-state index in [-0.39, 0.29) is 44.4 Å². The topological polar surface area (TPSA) is 101 Å². The Kier molecular flexibility index (Phi) is 8.15. The number of Topliss-reactive ketones (excluding diaryl/α,β-unsaturated/α-hetero) is 1. The number of carbonyl (C=O) groups excluding carboxylic acids is 1. The van der Waals surface area contributed by atoms with Gasteiger partial charge in [-0.15, -0.1) is 23.7 Å². The van der Waals surface area contributed by atoms with Gasteiger partial charge in [0.05, 0.1) is 14.7 Å². The van der Waals surface area contributed by atoms with Crippen LogP contribution >= 0.6 is 35.3 Å². The SMILES string of the molecule is Cl.O=C(CCN1CCN(S(=O)(=O)c2ccccc2)CC1)c1cc([N+](=O)[O-])c(Cl)s1. The number of nitro groups is 1. The molecule has 0 aliphatic carbocycles. The van der Waals surface area contributed by atoms with Crippen molar-refractivity contribution in [1.82, 2.24) is 9.21 Å². The molecule has 1 aliphatic rings. The van der Waals surface area contributed by atoms with Crippen molar-refractivity contribution >= 4 is 56.8 Å². The number of nitrogens with zero attached hydrogens (tertiary/aromatic N) is 3. The van der Waals surface area contributed by atoms with Crippen molar-refractivity contribution in [1.29, 1.82) is 0 Å². The van der Waals surface area contributed by atoms with E-state index in [4.69, 9.17) is 11.6 Å². The number of hydrogen-bond acceptors (Lipinski definition) is 7. The predicted molar refractivity (Wildman–Crippen MR) is 114 cm³/mol. The first-order valence-electron chi connectivity index (χ1n) is 8.53. The van der Waals surface area contributed by atoms with Crippen LogP contribution in [-0.4, -0.2) is 61.1 Å². The van der Waals surface area contributed by atoms with E-state index in [0.29, 0.717) is 32.7 Å². The quantitative estimate of drug-likeness (QED) is 0.343. The van der Waals surface area contributed by atoms with E-state index in [0.717, 1.165) is 11.3 Å². The Bertz CT molecular complexity index is 974. The van der Waals surface area contributed by atoms with Gasteiger partial charge in [-0.05, 0) is 12.1 Å². The number of piperazine rings is 1. The van der Waals surface area contributed by atoms with Gasteiger partial charge in [0.15, 0.2) is 10.1 Å². The molecule has 1 aliphatic heterocycles. The maximum Gasteiger partial charge on any atom is 0.299 e. The Balaban J connectivity index is 0.00000300. The van der Waals surface area contributed by atoms with Crippen molar-refractivity contribution in [2.24, 2.45) is 0 Å². The fourth-order valence-electron chi connectivity index (χ4n) is 2.94. The molecule has 12 heteroatoms. The van der Waals surface area contributed by atoms with Crippen LogP contribution in [0.3, 0.4) is 0 Å². The van der Waals surface area contributed by atoms with Crippen LogP contribution in [0.2, 0.25) is 4.34 Å². The molecule has 0 unspecified atom stereocenters. The van der Waals surface area contributed by atoms with Crippen LogP contribution in [0.4, 0.5) is 5.69 Å². The average molecular weight is 480 g/mol. The summed E-state index contributed by atoms with van der Waals surface area (Å²) in [5.74, 6) is -0.209. The van der Waals surface area contributed by atoms with E-state index in [1.54, 1.807) is 30.3 Å². The Morgan fingerprint density at radius 1 is 1.17 bits per heavy atom. The van der Waals surface area contributed by atoms with Gasteiger partial charge < -0.3 is 4.90 Å². The molecule has 1 fully saturated rings. The van der Waals surface area contributed by atoms with Gasteiger partial charge in [0.2, 0.25) is 10.0 Å². The van der Waals surface area contributed by atoms with Gasteiger partial charge in [-0.2, -0.15) is 4.31 Å². The second-order valence-corrected chi connectivity index (χ2v) is 9.85. The summed E-state index contributed by atoms with van der Waals surface area (Å²) in [6.45, 7) is 2.19. The fourth-order valence-corrected chi connectivity index (χ4v) is 5.57. The highest BCUT2D eigenvalue weighted by Gasteiger charge is 2.28. The molecule has 29 heavy (non-hydrogen) atoms. The number of halogens is 2. The van der Waals surface area contributed by atoms with E-state index in [1.807, 2.05) is 4.90 Å². The van der Waals surface area contributed by atoms with Gasteiger partial charge >= 0.3 is 0 Å². The summed E-state index contributed by atoms with van der Waals surface area (Å²) in [5.41, 5.74) is -0.255. The second-order valence-electron chi connectivity index (χ2n) is 6.26. The molecule has 2 heterocycles. The van der Waals surface area contributed by atoms with Gasteiger partial charge in [0, 0.05) is 45.2 Å². The number of ketones is 1. The van der Waals surface area contributed by atoms with E-state index in [9.17, 15) is 23.3 Å². The number of thiophene rings is 1. The molecule has 0 N–H and O–H groups in total. The third kappa shape index (κ3) is 5.53. The number of rotatable bonds is 7. The maximum atomic E-state index is 12.6. The molecular formula is C17H19Cl2N3O5S2. The molecule has 0 amide bonds. The van der Waals surface area contributed by atoms with Crippen LogP contribution in [0.1, 0.15) is 16.1 Å². The van der Waals surface area contributed by atoms with Crippen molar-refractivity contribution in [3.8, 4) is 0 Å². The molecule has 0 bridgehead atoms. The summed E-state index contributed by atoms with van der Waals surface area (Å²) in [7, 11) is -3.51. The number of benzene rings is 1. The minimum absolute atomic E-state index is 0. The highest BCUT2D eigenvalue weighted by molar-refractivity contribution is 7.89.